The van der Waals surface area contributed by atoms with Crippen LogP contribution in [0.3, 0.4) is 0 Å². The van der Waals surface area contributed by atoms with Crippen LogP contribution in [0.2, 0.25) is 0 Å². The van der Waals surface area contributed by atoms with Gasteiger partial charge in [0.25, 0.3) is 0 Å². The van der Waals surface area contributed by atoms with Crippen LogP contribution in [0, 0.1) is 5.41 Å². The third-order valence-electron chi connectivity index (χ3n) is 7.70. The van der Waals surface area contributed by atoms with Gasteiger partial charge in [-0.2, -0.15) is 0 Å². The lowest BCUT2D eigenvalue weighted by Gasteiger charge is -2.40. The maximum atomic E-state index is 13.2. The number of nitrogens with one attached hydrogen (secondary N) is 2. The number of aromatic amines is 1. The third kappa shape index (κ3) is 8.71. The van der Waals surface area contributed by atoms with Gasteiger partial charge in [0.2, 0.25) is 0 Å². The zero-order valence-electron chi connectivity index (χ0n) is 22.8. The van der Waals surface area contributed by atoms with Crippen LogP contribution in [-0.2, 0) is 9.59 Å². The topological polar surface area (TPSA) is 110 Å². The molecule has 2 aromatic rings. The first-order valence-corrected chi connectivity index (χ1v) is 13.9. The molecule has 0 radical (unpaired) electrons. The summed E-state index contributed by atoms with van der Waals surface area (Å²) in [7, 11) is 0. The van der Waals surface area contributed by atoms with Gasteiger partial charge in [-0.3, -0.25) is 9.59 Å². The van der Waals surface area contributed by atoms with Crippen LogP contribution in [0.25, 0.3) is 11.3 Å². The summed E-state index contributed by atoms with van der Waals surface area (Å²) in [4.78, 5) is 35.1. The lowest BCUT2D eigenvalue weighted by molar-refractivity contribution is -0.118. The second-order valence-corrected chi connectivity index (χ2v) is 10.9. The monoisotopic (exact) mass is 508 g/mol. The number of unbranched alkanes of at least 4 members (excludes halogenated alkanes) is 2. The van der Waals surface area contributed by atoms with Crippen LogP contribution in [0.15, 0.2) is 36.5 Å². The molecule has 0 unspecified atom stereocenters. The van der Waals surface area contributed by atoms with Crippen molar-refractivity contribution in [3.63, 3.8) is 0 Å². The summed E-state index contributed by atoms with van der Waals surface area (Å²) in [5.41, 5.74) is 0.966. The van der Waals surface area contributed by atoms with E-state index in [1.807, 2.05) is 37.3 Å². The number of aromatic nitrogens is 2. The molecule has 1 aromatic heterocycles. The van der Waals surface area contributed by atoms with Gasteiger partial charge in [-0.25, -0.2) is 4.98 Å². The largest absolute Gasteiger partial charge is 0.389 e. The number of carbonyl (C=O) groups is 2. The highest BCUT2D eigenvalue weighted by Crippen LogP contribution is 2.30. The minimum atomic E-state index is -0.982. The number of hydrogen-bond donors (Lipinski definition) is 3. The standard InChI is InChI=1S/C30H44N4O3/c1-4-25(35)14-10-6-9-13-24(29-32-21-27(33-29)23-11-7-5-8-12-23)19-28(36)26(31)20-30(37)15-17-34(18-16-30)22(2)3/h5,7-8,11-12,21-22,24,31,37H,4,6,9-10,13-20H2,1-3H3,(H,32,33)/t24-/m1/s1. The molecule has 2 heterocycles. The van der Waals surface area contributed by atoms with Crippen molar-refractivity contribution in [2.24, 2.45) is 0 Å². The van der Waals surface area contributed by atoms with Crippen molar-refractivity contribution in [1.29, 1.82) is 5.41 Å². The summed E-state index contributed by atoms with van der Waals surface area (Å²) in [5.74, 6) is 0.692. The summed E-state index contributed by atoms with van der Waals surface area (Å²) in [6.07, 6.45) is 7.89. The summed E-state index contributed by atoms with van der Waals surface area (Å²) >= 11 is 0. The minimum absolute atomic E-state index is 0.00822. The Morgan fingerprint density at radius 1 is 1.14 bits per heavy atom. The Bertz CT molecular complexity index is 1020. The molecule has 1 aromatic carbocycles. The van der Waals surface area contributed by atoms with Gasteiger partial charge in [0.1, 0.15) is 11.6 Å². The Labute approximate surface area is 221 Å². The van der Waals surface area contributed by atoms with Gasteiger partial charge in [-0.05, 0) is 45.1 Å². The molecule has 1 aliphatic rings. The quantitative estimate of drug-likeness (QED) is 0.211. The SMILES string of the molecule is CCC(=O)CCCCC[C@H](CC(=O)C(=N)CC1(O)CCN(C(C)C)CC1)c1ncc(-c2ccccc2)[nH]1. The van der Waals surface area contributed by atoms with Gasteiger partial charge in [-0.1, -0.05) is 50.1 Å². The summed E-state index contributed by atoms with van der Waals surface area (Å²) < 4.78 is 0. The van der Waals surface area contributed by atoms with Crippen molar-refractivity contribution in [3.8, 4) is 11.3 Å². The van der Waals surface area contributed by atoms with Gasteiger partial charge in [0, 0.05) is 50.7 Å². The lowest BCUT2D eigenvalue weighted by atomic mass is 9.83. The molecule has 202 valence electrons. The van der Waals surface area contributed by atoms with E-state index in [1.165, 1.54) is 0 Å². The normalized spacial score (nSPS) is 16.6. The van der Waals surface area contributed by atoms with Crippen molar-refractivity contribution in [2.45, 2.75) is 103 Å². The highest BCUT2D eigenvalue weighted by molar-refractivity contribution is 6.38. The van der Waals surface area contributed by atoms with E-state index in [4.69, 9.17) is 5.41 Å². The molecular formula is C30H44N4O3. The molecule has 3 N–H and O–H groups in total. The molecule has 0 saturated carbocycles. The van der Waals surface area contributed by atoms with Crippen LogP contribution in [0.5, 0.6) is 0 Å². The first kappa shape index (κ1) is 28.9. The first-order chi connectivity index (χ1) is 17.7. The Morgan fingerprint density at radius 2 is 1.84 bits per heavy atom. The number of likely N-dealkylation sites (tertiary alicyclic amines) is 1. The zero-order chi connectivity index (χ0) is 26.8. The maximum absolute atomic E-state index is 13.2. The Hall–Kier alpha value is -2.64. The summed E-state index contributed by atoms with van der Waals surface area (Å²) in [5, 5.41) is 19.6. The first-order valence-electron chi connectivity index (χ1n) is 13.9. The molecule has 1 saturated heterocycles. The molecule has 1 fully saturated rings. The van der Waals surface area contributed by atoms with Gasteiger partial charge in [0.05, 0.1) is 23.2 Å². The molecule has 37 heavy (non-hydrogen) atoms. The predicted molar refractivity (Wildman–Crippen MR) is 148 cm³/mol. The van der Waals surface area contributed by atoms with Crippen molar-refractivity contribution >= 4 is 17.3 Å². The van der Waals surface area contributed by atoms with Gasteiger partial charge in [0.15, 0.2) is 5.78 Å². The molecule has 0 amide bonds. The van der Waals surface area contributed by atoms with E-state index in [0.29, 0.717) is 31.7 Å². The van der Waals surface area contributed by atoms with E-state index in [0.717, 1.165) is 55.9 Å². The van der Waals surface area contributed by atoms with Crippen molar-refractivity contribution in [1.82, 2.24) is 14.9 Å². The summed E-state index contributed by atoms with van der Waals surface area (Å²) in [6, 6.07) is 10.4. The number of nitrogens with zero attached hydrogens (tertiary/aromatic N) is 2. The van der Waals surface area contributed by atoms with Crippen molar-refractivity contribution in [2.75, 3.05) is 13.1 Å². The molecule has 1 aliphatic heterocycles. The number of imidazole rings is 1. The molecular weight excluding hydrogens is 464 g/mol. The van der Waals surface area contributed by atoms with E-state index in [1.54, 1.807) is 6.20 Å². The fourth-order valence-electron chi connectivity index (χ4n) is 5.12. The number of benzene rings is 1. The second kappa shape index (κ2) is 13.8. The van der Waals surface area contributed by atoms with Crippen LogP contribution in [0.1, 0.15) is 96.7 Å². The molecule has 3 rings (SSSR count). The molecule has 1 atom stereocenters. The average molecular weight is 509 g/mol. The molecule has 0 bridgehead atoms. The number of aliphatic hydroxyl groups is 1. The van der Waals surface area contributed by atoms with E-state index in [2.05, 4.69) is 28.7 Å². The average Bonchev–Trinajstić information content (AvgIpc) is 3.38. The molecule has 0 spiro atoms. The number of piperidine rings is 1. The fourth-order valence-corrected chi connectivity index (χ4v) is 5.12. The molecule has 7 nitrogen and oxygen atoms in total. The number of Topliss-reactive ketones (excluding diaryl/α,β-unsaturated/α-hetero) is 2. The Kier molecular flexibility index (Phi) is 10.8. The Balaban J connectivity index is 1.63. The van der Waals surface area contributed by atoms with E-state index in [9.17, 15) is 14.7 Å². The predicted octanol–water partition coefficient (Wildman–Crippen LogP) is 5.69. The van der Waals surface area contributed by atoms with Gasteiger partial charge in [-0.15, -0.1) is 0 Å². The number of ketones is 2. The summed E-state index contributed by atoms with van der Waals surface area (Å²) in [6.45, 7) is 7.76. The van der Waals surface area contributed by atoms with Crippen molar-refractivity contribution < 1.29 is 14.7 Å². The Morgan fingerprint density at radius 3 is 2.49 bits per heavy atom. The highest BCUT2D eigenvalue weighted by atomic mass is 16.3. The smallest absolute Gasteiger partial charge is 0.177 e. The number of carbonyl (C=O) groups excluding carboxylic acids is 2. The molecule has 0 aliphatic carbocycles. The van der Waals surface area contributed by atoms with E-state index in [-0.39, 0.29) is 36.0 Å². The number of H-pyrrole nitrogens is 1. The van der Waals surface area contributed by atoms with Crippen LogP contribution < -0.4 is 0 Å². The minimum Gasteiger partial charge on any atom is -0.389 e. The van der Waals surface area contributed by atoms with Gasteiger partial charge >= 0.3 is 0 Å². The van der Waals surface area contributed by atoms with Gasteiger partial charge < -0.3 is 20.4 Å². The highest BCUT2D eigenvalue weighted by Gasteiger charge is 2.35. The fraction of sp³-hybridized carbons (Fsp3) is 0.600. The number of rotatable bonds is 15. The van der Waals surface area contributed by atoms with Crippen LogP contribution in [-0.4, -0.2) is 62.0 Å². The third-order valence-corrected chi connectivity index (χ3v) is 7.70. The molecule has 7 heteroatoms. The van der Waals surface area contributed by atoms with Crippen LogP contribution in [0.4, 0.5) is 0 Å². The van der Waals surface area contributed by atoms with E-state index >= 15 is 0 Å². The second-order valence-electron chi connectivity index (χ2n) is 10.9. The zero-order valence-corrected chi connectivity index (χ0v) is 22.8. The number of hydrogen-bond acceptors (Lipinski definition) is 6. The lowest BCUT2D eigenvalue weighted by Crippen LogP contribution is -2.48. The van der Waals surface area contributed by atoms with E-state index < -0.39 is 5.60 Å². The van der Waals surface area contributed by atoms with Crippen molar-refractivity contribution in [3.05, 3.63) is 42.4 Å². The maximum Gasteiger partial charge on any atom is 0.177 e. The van der Waals surface area contributed by atoms with Crippen LogP contribution >= 0.6 is 0 Å².